The molecule has 0 bridgehead atoms. The quantitative estimate of drug-likeness (QED) is 0.847. The average molecular weight is 282 g/mol. The topological polar surface area (TPSA) is 37.8 Å². The van der Waals surface area contributed by atoms with E-state index >= 15 is 0 Å². The Labute approximate surface area is 116 Å². The zero-order valence-electron chi connectivity index (χ0n) is 9.90. The first kappa shape index (κ1) is 13.1. The zero-order valence-corrected chi connectivity index (χ0v) is 11.4. The van der Waals surface area contributed by atoms with Crippen LogP contribution in [0.15, 0.2) is 36.5 Å². The van der Waals surface area contributed by atoms with Gasteiger partial charge in [-0.05, 0) is 23.6 Å². The molecule has 0 aliphatic heterocycles. The predicted molar refractivity (Wildman–Crippen MR) is 75.1 cm³/mol. The van der Waals surface area contributed by atoms with Crippen molar-refractivity contribution < 1.29 is 0 Å². The number of nitrogens with zero attached hydrogens (tertiary/aromatic N) is 2. The lowest BCUT2D eigenvalue weighted by molar-refractivity contribution is 0.744. The van der Waals surface area contributed by atoms with E-state index < -0.39 is 0 Å². The van der Waals surface area contributed by atoms with Gasteiger partial charge in [-0.2, -0.15) is 4.98 Å². The van der Waals surface area contributed by atoms with Gasteiger partial charge in [0.1, 0.15) is 10.8 Å². The van der Waals surface area contributed by atoms with Crippen LogP contribution in [0, 0.1) is 0 Å². The van der Waals surface area contributed by atoms with Crippen LogP contribution in [0.3, 0.4) is 0 Å². The van der Waals surface area contributed by atoms with Crippen molar-refractivity contribution >= 4 is 29.0 Å². The Hall–Kier alpha value is -1.32. The van der Waals surface area contributed by atoms with Crippen molar-refractivity contribution in [3.05, 3.63) is 52.4 Å². The minimum absolute atomic E-state index is 0.148. The van der Waals surface area contributed by atoms with Gasteiger partial charge in [0.15, 0.2) is 0 Å². The minimum Gasteiger partial charge on any atom is -0.362 e. The third kappa shape index (κ3) is 3.12. The number of hydrogen-bond donors (Lipinski definition) is 1. The smallest absolute Gasteiger partial charge is 0.224 e. The van der Waals surface area contributed by atoms with E-state index in [1.807, 2.05) is 18.2 Å². The average Bonchev–Trinajstić information content (AvgIpc) is 2.41. The Kier molecular flexibility index (Phi) is 4.39. The van der Waals surface area contributed by atoms with E-state index in [4.69, 9.17) is 23.2 Å². The Morgan fingerprint density at radius 1 is 1.22 bits per heavy atom. The summed E-state index contributed by atoms with van der Waals surface area (Å²) in [7, 11) is 0. The van der Waals surface area contributed by atoms with Gasteiger partial charge in [0.2, 0.25) is 5.28 Å². The van der Waals surface area contributed by atoms with E-state index in [0.717, 1.165) is 6.42 Å². The maximum absolute atomic E-state index is 6.04. The summed E-state index contributed by atoms with van der Waals surface area (Å²) in [4.78, 5) is 7.92. The van der Waals surface area contributed by atoms with Crippen LogP contribution in [-0.4, -0.2) is 9.97 Å². The summed E-state index contributed by atoms with van der Waals surface area (Å²) >= 11 is 11.8. The third-order valence-electron chi connectivity index (χ3n) is 2.64. The van der Waals surface area contributed by atoms with Crippen molar-refractivity contribution in [2.24, 2.45) is 0 Å². The molecule has 0 amide bonds. The van der Waals surface area contributed by atoms with Crippen LogP contribution in [0.2, 0.25) is 10.3 Å². The van der Waals surface area contributed by atoms with Gasteiger partial charge >= 0.3 is 0 Å². The standard InChI is InChI=1S/C13H13Cl2N3/c1-2-11(9-6-4-3-5-7-9)17-12-10(14)8-16-13(15)18-12/h3-8,11H,2H2,1H3,(H,16,17,18). The Morgan fingerprint density at radius 3 is 2.61 bits per heavy atom. The lowest BCUT2D eigenvalue weighted by atomic mass is 10.0. The molecule has 2 rings (SSSR count). The maximum atomic E-state index is 6.04. The van der Waals surface area contributed by atoms with Crippen molar-refractivity contribution in [3.8, 4) is 0 Å². The third-order valence-corrected chi connectivity index (χ3v) is 3.09. The second-order valence-electron chi connectivity index (χ2n) is 3.85. The molecule has 1 unspecified atom stereocenters. The molecule has 94 valence electrons. The van der Waals surface area contributed by atoms with Crippen LogP contribution in [0.1, 0.15) is 24.9 Å². The Morgan fingerprint density at radius 2 is 1.94 bits per heavy atom. The second-order valence-corrected chi connectivity index (χ2v) is 4.60. The molecule has 0 aliphatic carbocycles. The zero-order chi connectivity index (χ0) is 13.0. The summed E-state index contributed by atoms with van der Waals surface area (Å²) in [6, 6.07) is 10.3. The van der Waals surface area contributed by atoms with Crippen molar-refractivity contribution in [1.29, 1.82) is 0 Å². The number of anilines is 1. The van der Waals surface area contributed by atoms with Gasteiger partial charge in [-0.3, -0.25) is 0 Å². The molecule has 0 fully saturated rings. The van der Waals surface area contributed by atoms with Crippen molar-refractivity contribution in [2.75, 3.05) is 5.32 Å². The number of nitrogens with one attached hydrogen (secondary N) is 1. The van der Waals surface area contributed by atoms with E-state index in [2.05, 4.69) is 34.3 Å². The molecule has 1 aromatic heterocycles. The number of rotatable bonds is 4. The molecule has 2 aromatic rings. The van der Waals surface area contributed by atoms with Crippen molar-refractivity contribution in [3.63, 3.8) is 0 Å². The highest BCUT2D eigenvalue weighted by Crippen LogP contribution is 2.26. The molecule has 1 aromatic carbocycles. The molecule has 3 nitrogen and oxygen atoms in total. The largest absolute Gasteiger partial charge is 0.362 e. The van der Waals surface area contributed by atoms with Gasteiger partial charge in [0.05, 0.1) is 12.2 Å². The predicted octanol–water partition coefficient (Wildman–Crippen LogP) is 4.35. The molecule has 18 heavy (non-hydrogen) atoms. The van der Waals surface area contributed by atoms with Gasteiger partial charge in [-0.1, -0.05) is 48.9 Å². The first-order chi connectivity index (χ1) is 8.70. The molecule has 1 N–H and O–H groups in total. The fourth-order valence-electron chi connectivity index (χ4n) is 1.72. The van der Waals surface area contributed by atoms with Crippen molar-refractivity contribution in [1.82, 2.24) is 9.97 Å². The highest BCUT2D eigenvalue weighted by atomic mass is 35.5. The monoisotopic (exact) mass is 281 g/mol. The molecular formula is C13H13Cl2N3. The van der Waals surface area contributed by atoms with Crippen LogP contribution < -0.4 is 5.32 Å². The first-order valence-electron chi connectivity index (χ1n) is 5.70. The first-order valence-corrected chi connectivity index (χ1v) is 6.45. The lowest BCUT2D eigenvalue weighted by Crippen LogP contribution is -2.11. The van der Waals surface area contributed by atoms with E-state index in [-0.39, 0.29) is 11.3 Å². The summed E-state index contributed by atoms with van der Waals surface area (Å²) in [5, 5.41) is 3.94. The summed E-state index contributed by atoms with van der Waals surface area (Å²) in [6.07, 6.45) is 2.42. The van der Waals surface area contributed by atoms with Gasteiger partial charge in [-0.15, -0.1) is 0 Å². The molecule has 0 saturated heterocycles. The molecule has 0 saturated carbocycles. The van der Waals surface area contributed by atoms with Gasteiger partial charge < -0.3 is 5.32 Å². The Bertz CT molecular complexity index is 517. The van der Waals surface area contributed by atoms with Crippen LogP contribution >= 0.6 is 23.2 Å². The summed E-state index contributed by atoms with van der Waals surface area (Å²) in [5.74, 6) is 0.562. The molecule has 0 aliphatic rings. The normalized spacial score (nSPS) is 12.2. The van der Waals surface area contributed by atoms with Crippen molar-refractivity contribution in [2.45, 2.75) is 19.4 Å². The number of hydrogen-bond acceptors (Lipinski definition) is 3. The van der Waals surface area contributed by atoms with E-state index in [0.29, 0.717) is 10.8 Å². The highest BCUT2D eigenvalue weighted by Gasteiger charge is 2.12. The van der Waals surface area contributed by atoms with Crippen LogP contribution in [-0.2, 0) is 0 Å². The van der Waals surface area contributed by atoms with Gasteiger partial charge in [0.25, 0.3) is 0 Å². The maximum Gasteiger partial charge on any atom is 0.224 e. The molecular weight excluding hydrogens is 269 g/mol. The summed E-state index contributed by atoms with van der Waals surface area (Å²) in [6.45, 7) is 2.10. The number of benzene rings is 1. The Balaban J connectivity index is 2.23. The van der Waals surface area contributed by atoms with Crippen LogP contribution in [0.25, 0.3) is 0 Å². The molecule has 5 heteroatoms. The molecule has 1 atom stereocenters. The molecule has 0 radical (unpaired) electrons. The molecule has 0 spiro atoms. The molecule has 1 heterocycles. The number of aromatic nitrogens is 2. The fourth-order valence-corrected chi connectivity index (χ4v) is 2.00. The van der Waals surface area contributed by atoms with Crippen LogP contribution in [0.5, 0.6) is 0 Å². The van der Waals surface area contributed by atoms with E-state index in [1.54, 1.807) is 0 Å². The fraction of sp³-hybridized carbons (Fsp3) is 0.231. The number of halogens is 2. The van der Waals surface area contributed by atoms with Gasteiger partial charge in [0, 0.05) is 0 Å². The van der Waals surface area contributed by atoms with E-state index in [9.17, 15) is 0 Å². The van der Waals surface area contributed by atoms with E-state index in [1.165, 1.54) is 11.8 Å². The minimum atomic E-state index is 0.148. The highest BCUT2D eigenvalue weighted by molar-refractivity contribution is 6.33. The van der Waals surface area contributed by atoms with Crippen LogP contribution in [0.4, 0.5) is 5.82 Å². The summed E-state index contributed by atoms with van der Waals surface area (Å²) < 4.78 is 0. The van der Waals surface area contributed by atoms with Gasteiger partial charge in [-0.25, -0.2) is 4.98 Å². The SMILES string of the molecule is CCC(Nc1nc(Cl)ncc1Cl)c1ccccc1. The second kappa shape index (κ2) is 6.03. The summed E-state index contributed by atoms with van der Waals surface area (Å²) in [5.41, 5.74) is 1.19. The lowest BCUT2D eigenvalue weighted by Gasteiger charge is -2.18.